The molecule has 0 saturated carbocycles. The average Bonchev–Trinajstić information content (AvgIpc) is 2.38. The molecule has 1 aliphatic heterocycles. The van der Waals surface area contributed by atoms with E-state index in [1.165, 1.54) is 0 Å². The van der Waals surface area contributed by atoms with Gasteiger partial charge in [0, 0.05) is 19.8 Å². The molecule has 1 aromatic carbocycles. The maximum absolute atomic E-state index is 6.12. The Morgan fingerprint density at radius 1 is 1.35 bits per heavy atom. The third-order valence-electron chi connectivity index (χ3n) is 3.05. The summed E-state index contributed by atoms with van der Waals surface area (Å²) in [5.74, 6) is 1.32. The molecule has 2 N–H and O–H groups in total. The second kappa shape index (κ2) is 6.24. The number of ether oxygens (including phenoxy) is 2. The third kappa shape index (κ3) is 3.60. The van der Waals surface area contributed by atoms with Crippen LogP contribution in [0.4, 0.5) is 0 Å². The van der Waals surface area contributed by atoms with E-state index in [-0.39, 0.29) is 0 Å². The van der Waals surface area contributed by atoms with Crippen LogP contribution in [0, 0.1) is 5.92 Å². The molecule has 0 spiro atoms. The minimum Gasteiger partial charge on any atom is -0.492 e. The van der Waals surface area contributed by atoms with Crippen LogP contribution in [0.3, 0.4) is 0 Å². The predicted molar refractivity (Wildman–Crippen MR) is 68.4 cm³/mol. The molecule has 2 rings (SSSR count). The van der Waals surface area contributed by atoms with Gasteiger partial charge >= 0.3 is 0 Å². The molecule has 0 radical (unpaired) electrons. The van der Waals surface area contributed by atoms with Crippen molar-refractivity contribution in [1.29, 1.82) is 0 Å². The molecule has 0 unspecified atom stereocenters. The average molecular weight is 256 g/mol. The van der Waals surface area contributed by atoms with Gasteiger partial charge in [0.2, 0.25) is 0 Å². The van der Waals surface area contributed by atoms with Crippen LogP contribution in [0.25, 0.3) is 0 Å². The summed E-state index contributed by atoms with van der Waals surface area (Å²) in [6, 6.07) is 5.70. The first-order chi connectivity index (χ1) is 8.29. The fourth-order valence-electron chi connectivity index (χ4n) is 1.91. The van der Waals surface area contributed by atoms with Gasteiger partial charge in [0.05, 0.1) is 11.6 Å². The van der Waals surface area contributed by atoms with Crippen molar-refractivity contribution in [2.75, 3.05) is 19.8 Å². The van der Waals surface area contributed by atoms with Crippen molar-refractivity contribution in [2.45, 2.75) is 19.4 Å². The van der Waals surface area contributed by atoms with E-state index >= 15 is 0 Å². The summed E-state index contributed by atoms with van der Waals surface area (Å²) in [6.45, 7) is 2.90. The maximum atomic E-state index is 6.12. The van der Waals surface area contributed by atoms with Crippen LogP contribution < -0.4 is 10.5 Å². The first-order valence-electron chi connectivity index (χ1n) is 5.98. The molecule has 1 saturated heterocycles. The van der Waals surface area contributed by atoms with Gasteiger partial charge in [-0.3, -0.25) is 0 Å². The Morgan fingerprint density at radius 3 is 2.76 bits per heavy atom. The second-order valence-corrected chi connectivity index (χ2v) is 4.74. The van der Waals surface area contributed by atoms with Crippen molar-refractivity contribution in [3.63, 3.8) is 0 Å². The minimum atomic E-state index is 0.500. The van der Waals surface area contributed by atoms with E-state index in [0.717, 1.165) is 37.4 Å². The number of benzene rings is 1. The Hall–Kier alpha value is -0.770. The van der Waals surface area contributed by atoms with Crippen molar-refractivity contribution < 1.29 is 9.47 Å². The number of hydrogen-bond donors (Lipinski definition) is 1. The molecule has 94 valence electrons. The summed E-state index contributed by atoms with van der Waals surface area (Å²) in [5, 5.41) is 0.639. The monoisotopic (exact) mass is 255 g/mol. The van der Waals surface area contributed by atoms with E-state index in [9.17, 15) is 0 Å². The first-order valence-corrected chi connectivity index (χ1v) is 6.36. The van der Waals surface area contributed by atoms with E-state index in [2.05, 4.69) is 0 Å². The van der Waals surface area contributed by atoms with Gasteiger partial charge in [-0.1, -0.05) is 17.7 Å². The molecule has 0 atom stereocenters. The summed E-state index contributed by atoms with van der Waals surface area (Å²) in [7, 11) is 0. The van der Waals surface area contributed by atoms with Gasteiger partial charge in [-0.25, -0.2) is 0 Å². The summed E-state index contributed by atoms with van der Waals surface area (Å²) < 4.78 is 11.1. The quantitative estimate of drug-likeness (QED) is 0.900. The van der Waals surface area contributed by atoms with Gasteiger partial charge < -0.3 is 15.2 Å². The Balaban J connectivity index is 1.89. The Kier molecular flexibility index (Phi) is 4.66. The largest absolute Gasteiger partial charge is 0.492 e. The normalized spacial score (nSPS) is 17.1. The van der Waals surface area contributed by atoms with Gasteiger partial charge in [0.15, 0.2) is 0 Å². The van der Waals surface area contributed by atoms with Gasteiger partial charge in [-0.05, 0) is 36.5 Å². The highest BCUT2D eigenvalue weighted by Gasteiger charge is 2.15. The molecule has 3 nitrogen and oxygen atoms in total. The van der Waals surface area contributed by atoms with Crippen molar-refractivity contribution in [3.8, 4) is 5.75 Å². The molecule has 1 aromatic rings. The number of hydrogen-bond acceptors (Lipinski definition) is 3. The van der Waals surface area contributed by atoms with Gasteiger partial charge in [0.25, 0.3) is 0 Å². The fourth-order valence-corrected chi connectivity index (χ4v) is 2.17. The van der Waals surface area contributed by atoms with Gasteiger partial charge in [0.1, 0.15) is 5.75 Å². The zero-order valence-electron chi connectivity index (χ0n) is 9.82. The van der Waals surface area contributed by atoms with Gasteiger partial charge in [-0.2, -0.15) is 0 Å². The predicted octanol–water partition coefficient (Wildman–Crippen LogP) is 2.60. The molecule has 1 fully saturated rings. The van der Waals surface area contributed by atoms with Crippen LogP contribution >= 0.6 is 11.6 Å². The van der Waals surface area contributed by atoms with Crippen LogP contribution in [0.2, 0.25) is 5.02 Å². The van der Waals surface area contributed by atoms with Crippen LogP contribution in [0.1, 0.15) is 18.4 Å². The number of nitrogens with two attached hydrogens (primary N) is 1. The number of rotatable bonds is 4. The lowest BCUT2D eigenvalue weighted by Crippen LogP contribution is -2.21. The highest BCUT2D eigenvalue weighted by Crippen LogP contribution is 2.26. The van der Waals surface area contributed by atoms with E-state index in [1.807, 2.05) is 18.2 Å². The molecule has 4 heteroatoms. The van der Waals surface area contributed by atoms with Crippen molar-refractivity contribution in [1.82, 2.24) is 0 Å². The highest BCUT2D eigenvalue weighted by atomic mass is 35.5. The first kappa shape index (κ1) is 12.7. The molecule has 17 heavy (non-hydrogen) atoms. The van der Waals surface area contributed by atoms with Crippen LogP contribution in [0.5, 0.6) is 5.75 Å². The summed E-state index contributed by atoms with van der Waals surface area (Å²) in [4.78, 5) is 0. The molecule has 0 aromatic heterocycles. The summed E-state index contributed by atoms with van der Waals surface area (Å²) in [6.07, 6.45) is 2.14. The van der Waals surface area contributed by atoms with E-state index < -0.39 is 0 Å². The standard InChI is InChI=1S/C13H18ClNO2/c14-12-7-11(8-15)1-2-13(12)17-9-10-3-5-16-6-4-10/h1-2,7,10H,3-6,8-9,15H2. The lowest BCUT2D eigenvalue weighted by Gasteiger charge is -2.22. The van der Waals surface area contributed by atoms with Gasteiger partial charge in [-0.15, -0.1) is 0 Å². The topological polar surface area (TPSA) is 44.5 Å². The SMILES string of the molecule is NCc1ccc(OCC2CCOCC2)c(Cl)c1. The lowest BCUT2D eigenvalue weighted by atomic mass is 10.0. The van der Waals surface area contributed by atoms with Crippen LogP contribution in [-0.4, -0.2) is 19.8 Å². The van der Waals surface area contributed by atoms with E-state index in [1.54, 1.807) is 0 Å². The van der Waals surface area contributed by atoms with E-state index in [4.69, 9.17) is 26.8 Å². The Labute approximate surface area is 107 Å². The zero-order valence-corrected chi connectivity index (χ0v) is 10.6. The molecular formula is C13H18ClNO2. The minimum absolute atomic E-state index is 0.500. The number of halogens is 1. The fraction of sp³-hybridized carbons (Fsp3) is 0.538. The molecule has 0 aliphatic carbocycles. The molecular weight excluding hydrogens is 238 g/mol. The van der Waals surface area contributed by atoms with Crippen molar-refractivity contribution in [3.05, 3.63) is 28.8 Å². The smallest absolute Gasteiger partial charge is 0.137 e. The molecule has 0 bridgehead atoms. The molecule has 1 aliphatic rings. The Bertz CT molecular complexity index is 364. The van der Waals surface area contributed by atoms with E-state index in [0.29, 0.717) is 24.1 Å². The lowest BCUT2D eigenvalue weighted by molar-refractivity contribution is 0.0498. The maximum Gasteiger partial charge on any atom is 0.137 e. The zero-order chi connectivity index (χ0) is 12.1. The molecule has 0 amide bonds. The third-order valence-corrected chi connectivity index (χ3v) is 3.34. The van der Waals surface area contributed by atoms with Crippen LogP contribution in [0.15, 0.2) is 18.2 Å². The molecule has 1 heterocycles. The highest BCUT2D eigenvalue weighted by molar-refractivity contribution is 6.32. The second-order valence-electron chi connectivity index (χ2n) is 4.34. The Morgan fingerprint density at radius 2 is 2.12 bits per heavy atom. The van der Waals surface area contributed by atoms with Crippen molar-refractivity contribution in [2.24, 2.45) is 11.7 Å². The van der Waals surface area contributed by atoms with Crippen LogP contribution in [-0.2, 0) is 11.3 Å². The summed E-state index contributed by atoms with van der Waals surface area (Å²) in [5.41, 5.74) is 6.57. The summed E-state index contributed by atoms with van der Waals surface area (Å²) >= 11 is 6.12. The van der Waals surface area contributed by atoms with Crippen molar-refractivity contribution >= 4 is 11.6 Å².